The third-order valence-electron chi connectivity index (χ3n) is 9.40. The highest BCUT2D eigenvalue weighted by Crippen LogP contribution is 2.40. The molecule has 0 radical (unpaired) electrons. The van der Waals surface area contributed by atoms with Gasteiger partial charge in [0.15, 0.2) is 17.5 Å². The van der Waals surface area contributed by atoms with Gasteiger partial charge in [-0.1, -0.05) is 103 Å². The smallest absolute Gasteiger partial charge is 0.165 e. The van der Waals surface area contributed by atoms with Gasteiger partial charge in [-0.25, -0.2) is 15.0 Å². The summed E-state index contributed by atoms with van der Waals surface area (Å²) in [6.45, 7) is 0. The van der Waals surface area contributed by atoms with Gasteiger partial charge in [0.05, 0.1) is 0 Å². The summed E-state index contributed by atoms with van der Waals surface area (Å²) in [7, 11) is 0. The Labute approximate surface area is 281 Å². The predicted octanol–water partition coefficient (Wildman–Crippen LogP) is 11.3. The Hall–Kier alpha value is -6.72. The van der Waals surface area contributed by atoms with Gasteiger partial charge in [-0.15, -0.1) is 0 Å². The molecule has 0 atom stereocenters. The second-order valence-electron chi connectivity index (χ2n) is 12.3. The van der Waals surface area contributed by atoms with Crippen molar-refractivity contribution in [2.75, 3.05) is 0 Å². The molecule has 0 amide bonds. The maximum Gasteiger partial charge on any atom is 0.165 e. The van der Waals surface area contributed by atoms with Crippen LogP contribution in [0.15, 0.2) is 162 Å². The molecule has 0 saturated carbocycles. The Morgan fingerprint density at radius 2 is 0.837 bits per heavy atom. The van der Waals surface area contributed by atoms with Crippen LogP contribution in [0.3, 0.4) is 0 Å². The number of aromatic nitrogens is 4. The molecule has 0 aliphatic carbocycles. The normalized spacial score (nSPS) is 11.7. The molecule has 3 aromatic heterocycles. The molecule has 3 heterocycles. The van der Waals surface area contributed by atoms with E-state index < -0.39 is 0 Å². The summed E-state index contributed by atoms with van der Waals surface area (Å²) >= 11 is 0. The zero-order valence-corrected chi connectivity index (χ0v) is 26.2. The molecule has 0 bridgehead atoms. The van der Waals surface area contributed by atoms with E-state index in [-0.39, 0.29) is 0 Å². The van der Waals surface area contributed by atoms with E-state index in [2.05, 4.69) is 108 Å². The lowest BCUT2D eigenvalue weighted by atomic mass is 9.93. The van der Waals surface area contributed by atoms with Gasteiger partial charge in [-0.3, -0.25) is 4.98 Å². The first-order chi connectivity index (χ1) is 24.3. The maximum absolute atomic E-state index is 6.48. The van der Waals surface area contributed by atoms with Crippen LogP contribution in [0.4, 0.5) is 0 Å². The minimum Gasteiger partial charge on any atom is -0.456 e. The first-order valence-electron chi connectivity index (χ1n) is 16.3. The fourth-order valence-electron chi connectivity index (χ4n) is 7.01. The SMILES string of the molecule is c1ccc(-c2ccc(-c3nc(-c4cccnc4)nc(-c4ccc5oc6cc7c8ccccc8c8ccccc8c7cc6c5c4)n3)cc2)cc1. The number of hydrogen-bond donors (Lipinski definition) is 0. The van der Waals surface area contributed by atoms with Crippen LogP contribution in [0.5, 0.6) is 0 Å². The van der Waals surface area contributed by atoms with Gasteiger partial charge >= 0.3 is 0 Å². The molecule has 0 spiro atoms. The van der Waals surface area contributed by atoms with E-state index in [1.54, 1.807) is 12.4 Å². The van der Waals surface area contributed by atoms with E-state index in [9.17, 15) is 0 Å². The molecule has 0 fully saturated rings. The summed E-state index contributed by atoms with van der Waals surface area (Å²) in [6, 6.07) is 50.5. The molecule has 7 aromatic carbocycles. The van der Waals surface area contributed by atoms with Crippen molar-refractivity contribution < 1.29 is 4.42 Å². The summed E-state index contributed by atoms with van der Waals surface area (Å²) in [5.74, 6) is 1.76. The lowest BCUT2D eigenvalue weighted by Crippen LogP contribution is -2.00. The summed E-state index contributed by atoms with van der Waals surface area (Å²) in [5.41, 5.74) is 6.59. The number of rotatable bonds is 4. The fourth-order valence-corrected chi connectivity index (χ4v) is 7.01. The largest absolute Gasteiger partial charge is 0.456 e. The van der Waals surface area contributed by atoms with E-state index in [1.807, 2.05) is 42.5 Å². The fraction of sp³-hybridized carbons (Fsp3) is 0. The number of furan rings is 1. The van der Waals surface area contributed by atoms with Crippen molar-refractivity contribution in [3.63, 3.8) is 0 Å². The molecular formula is C44H26N4O. The first kappa shape index (κ1) is 27.4. The van der Waals surface area contributed by atoms with Crippen LogP contribution in [0.1, 0.15) is 0 Å². The average molecular weight is 627 g/mol. The Morgan fingerprint density at radius 1 is 0.327 bits per heavy atom. The Bertz CT molecular complexity index is 2860. The zero-order chi connectivity index (χ0) is 32.3. The van der Waals surface area contributed by atoms with Gasteiger partial charge in [-0.05, 0) is 85.9 Å². The van der Waals surface area contributed by atoms with Gasteiger partial charge in [0, 0.05) is 39.9 Å². The van der Waals surface area contributed by atoms with Crippen molar-refractivity contribution >= 4 is 54.3 Å². The summed E-state index contributed by atoms with van der Waals surface area (Å²) in [5, 5.41) is 9.40. The molecule has 0 N–H and O–H groups in total. The van der Waals surface area contributed by atoms with Crippen LogP contribution in [0.2, 0.25) is 0 Å². The summed E-state index contributed by atoms with van der Waals surface area (Å²) < 4.78 is 6.48. The molecule has 10 rings (SSSR count). The van der Waals surface area contributed by atoms with E-state index in [1.165, 1.54) is 32.3 Å². The summed E-state index contributed by atoms with van der Waals surface area (Å²) in [4.78, 5) is 19.2. The van der Waals surface area contributed by atoms with E-state index in [0.717, 1.165) is 49.8 Å². The third kappa shape index (κ3) is 4.55. The second-order valence-corrected chi connectivity index (χ2v) is 12.3. The predicted molar refractivity (Wildman–Crippen MR) is 199 cm³/mol. The highest BCUT2D eigenvalue weighted by Gasteiger charge is 2.17. The van der Waals surface area contributed by atoms with Gasteiger partial charge in [0.2, 0.25) is 0 Å². The first-order valence-corrected chi connectivity index (χ1v) is 16.3. The van der Waals surface area contributed by atoms with Gasteiger partial charge < -0.3 is 4.42 Å². The molecule has 5 nitrogen and oxygen atoms in total. The Balaban J connectivity index is 1.16. The number of hydrogen-bond acceptors (Lipinski definition) is 5. The third-order valence-corrected chi connectivity index (χ3v) is 9.40. The van der Waals surface area contributed by atoms with Crippen LogP contribution in [-0.4, -0.2) is 19.9 Å². The average Bonchev–Trinajstić information content (AvgIpc) is 3.55. The van der Waals surface area contributed by atoms with Crippen LogP contribution < -0.4 is 0 Å². The highest BCUT2D eigenvalue weighted by molar-refractivity contribution is 6.28. The van der Waals surface area contributed by atoms with Crippen molar-refractivity contribution in [2.45, 2.75) is 0 Å². The van der Waals surface area contributed by atoms with Gasteiger partial charge in [0.1, 0.15) is 11.2 Å². The van der Waals surface area contributed by atoms with Crippen molar-refractivity contribution in [1.29, 1.82) is 0 Å². The van der Waals surface area contributed by atoms with E-state index >= 15 is 0 Å². The van der Waals surface area contributed by atoms with Crippen LogP contribution in [0, 0.1) is 0 Å². The van der Waals surface area contributed by atoms with Crippen LogP contribution >= 0.6 is 0 Å². The number of pyridine rings is 1. The molecule has 0 aliphatic rings. The van der Waals surface area contributed by atoms with Crippen molar-refractivity contribution in [1.82, 2.24) is 19.9 Å². The molecule has 5 heteroatoms. The minimum atomic E-state index is 0.571. The Morgan fingerprint density at radius 3 is 1.51 bits per heavy atom. The lowest BCUT2D eigenvalue weighted by molar-refractivity contribution is 0.669. The van der Waals surface area contributed by atoms with E-state index in [4.69, 9.17) is 19.4 Å². The standard InChI is InChI=1S/C44H26N4O/c1-2-9-27(10-3-1)28-16-18-29(19-17-28)42-46-43(48-44(47-42)31-11-8-22-45-26-31)30-20-21-40-38(23-30)39-24-36-34-14-6-4-12-32(34)33-13-5-7-15-35(33)37(36)25-41(39)49-40/h1-26H. The lowest BCUT2D eigenvalue weighted by Gasteiger charge is -2.10. The molecule has 228 valence electrons. The quantitative estimate of drug-likeness (QED) is 0.182. The number of nitrogens with zero attached hydrogens (tertiary/aromatic N) is 4. The highest BCUT2D eigenvalue weighted by atomic mass is 16.3. The summed E-state index contributed by atoms with van der Waals surface area (Å²) in [6.07, 6.45) is 3.54. The van der Waals surface area contributed by atoms with Gasteiger partial charge in [0.25, 0.3) is 0 Å². The van der Waals surface area contributed by atoms with Crippen molar-refractivity contribution in [3.8, 4) is 45.3 Å². The number of benzene rings is 7. The van der Waals surface area contributed by atoms with E-state index in [0.29, 0.717) is 17.5 Å². The Kier molecular flexibility index (Phi) is 6.11. The second kappa shape index (κ2) is 10.9. The minimum absolute atomic E-state index is 0.571. The van der Waals surface area contributed by atoms with Crippen molar-refractivity contribution in [3.05, 3.63) is 158 Å². The van der Waals surface area contributed by atoms with Crippen molar-refractivity contribution in [2.24, 2.45) is 0 Å². The zero-order valence-electron chi connectivity index (χ0n) is 26.2. The molecular weight excluding hydrogens is 601 g/mol. The van der Waals surface area contributed by atoms with Crippen LogP contribution in [0.25, 0.3) is 99.5 Å². The molecule has 0 aliphatic heterocycles. The van der Waals surface area contributed by atoms with Crippen LogP contribution in [-0.2, 0) is 0 Å². The topological polar surface area (TPSA) is 64.7 Å². The van der Waals surface area contributed by atoms with Gasteiger partial charge in [-0.2, -0.15) is 0 Å². The maximum atomic E-state index is 6.48. The monoisotopic (exact) mass is 626 g/mol. The number of fused-ring (bicyclic) bond motifs is 9. The molecule has 10 aromatic rings. The molecule has 0 unspecified atom stereocenters. The molecule has 49 heavy (non-hydrogen) atoms. The molecule has 0 saturated heterocycles.